The van der Waals surface area contributed by atoms with Gasteiger partial charge in [0.25, 0.3) is 0 Å². The number of nitrogens with two attached hydrogens (primary N) is 1. The second-order valence-corrected chi connectivity index (χ2v) is 8.93. The summed E-state index contributed by atoms with van der Waals surface area (Å²) in [5.41, 5.74) is 11.4. The van der Waals surface area contributed by atoms with Crippen molar-refractivity contribution < 1.29 is 0 Å². The minimum absolute atomic E-state index is 0.208. The summed E-state index contributed by atoms with van der Waals surface area (Å²) in [6, 6.07) is 4.29. The normalized spacial score (nSPS) is 18.0. The van der Waals surface area contributed by atoms with Crippen molar-refractivity contribution >= 4 is 46.1 Å². The Morgan fingerprint density at radius 2 is 2.23 bits per heavy atom. The first-order chi connectivity index (χ1) is 12.5. The van der Waals surface area contributed by atoms with Gasteiger partial charge in [0.05, 0.1) is 10.9 Å². The maximum Gasteiger partial charge on any atom is 0.0934 e. The van der Waals surface area contributed by atoms with Crippen LogP contribution in [0.15, 0.2) is 53.1 Å². The number of fused-ring (bicyclic) bond motifs is 1. The van der Waals surface area contributed by atoms with Crippen LogP contribution in [0.3, 0.4) is 0 Å². The Kier molecular flexibility index (Phi) is 5.70. The van der Waals surface area contributed by atoms with Crippen molar-refractivity contribution in [3.8, 4) is 0 Å². The van der Waals surface area contributed by atoms with E-state index in [0.29, 0.717) is 0 Å². The fraction of sp³-hybridized carbons (Fsp3) is 0.250. The molecule has 3 nitrogen and oxygen atoms in total. The molecular formula is C20H22ClN3S2. The van der Waals surface area contributed by atoms with Gasteiger partial charge in [0.2, 0.25) is 0 Å². The Bertz CT molecular complexity index is 900. The molecule has 1 atom stereocenters. The van der Waals surface area contributed by atoms with Crippen LogP contribution in [0, 0.1) is 0 Å². The Morgan fingerprint density at radius 1 is 1.46 bits per heavy atom. The van der Waals surface area contributed by atoms with E-state index >= 15 is 0 Å². The number of nitrogens with zero attached hydrogens (tertiary/aromatic N) is 2. The maximum absolute atomic E-state index is 6.35. The van der Waals surface area contributed by atoms with Crippen LogP contribution in [0.2, 0.25) is 4.34 Å². The van der Waals surface area contributed by atoms with Crippen LogP contribution in [0.5, 0.6) is 0 Å². The molecule has 6 heteroatoms. The molecule has 2 N–H and O–H groups in total. The molecule has 3 rings (SSSR count). The van der Waals surface area contributed by atoms with Crippen molar-refractivity contribution in [1.82, 2.24) is 4.90 Å². The van der Waals surface area contributed by atoms with Crippen LogP contribution in [0.1, 0.15) is 33.7 Å². The van der Waals surface area contributed by atoms with Crippen molar-refractivity contribution in [3.63, 3.8) is 0 Å². The van der Waals surface area contributed by atoms with E-state index in [4.69, 9.17) is 17.3 Å². The van der Waals surface area contributed by atoms with Gasteiger partial charge in [-0.3, -0.25) is 4.99 Å². The number of aliphatic imine (C=N–C) groups is 1. The zero-order valence-electron chi connectivity index (χ0n) is 15.0. The first-order valence-corrected chi connectivity index (χ1v) is 10.3. The molecule has 0 radical (unpaired) electrons. The SMILES string of the molecule is C=CC(=C)N1Cc2sc(Cl)cc2C(c2ccsc2/C(C=NC)=C(\C)N)C1. The lowest BCUT2D eigenvalue weighted by molar-refractivity contribution is 0.319. The van der Waals surface area contributed by atoms with Crippen molar-refractivity contribution in [3.05, 3.63) is 73.4 Å². The van der Waals surface area contributed by atoms with E-state index in [1.54, 1.807) is 29.7 Å². The zero-order chi connectivity index (χ0) is 18.8. The van der Waals surface area contributed by atoms with Crippen LogP contribution >= 0.6 is 34.3 Å². The van der Waals surface area contributed by atoms with Gasteiger partial charge in [-0.05, 0) is 41.6 Å². The number of thiophene rings is 2. The summed E-state index contributed by atoms with van der Waals surface area (Å²) >= 11 is 9.69. The van der Waals surface area contributed by atoms with Gasteiger partial charge < -0.3 is 10.6 Å². The minimum atomic E-state index is 0.208. The Labute approximate surface area is 167 Å². The number of hydrogen-bond donors (Lipinski definition) is 1. The van der Waals surface area contributed by atoms with E-state index in [1.807, 2.05) is 19.2 Å². The molecule has 0 spiro atoms. The largest absolute Gasteiger partial charge is 0.402 e. The summed E-state index contributed by atoms with van der Waals surface area (Å²) in [6.45, 7) is 11.6. The van der Waals surface area contributed by atoms with E-state index in [2.05, 4.69) is 40.6 Å². The molecule has 1 unspecified atom stereocenters. The molecule has 26 heavy (non-hydrogen) atoms. The first kappa shape index (κ1) is 19.0. The van der Waals surface area contributed by atoms with Gasteiger partial charge in [0, 0.05) is 52.4 Å². The van der Waals surface area contributed by atoms with Gasteiger partial charge in [-0.1, -0.05) is 24.8 Å². The molecule has 0 saturated carbocycles. The number of rotatable bonds is 5. The molecule has 2 aromatic rings. The third kappa shape index (κ3) is 3.52. The monoisotopic (exact) mass is 403 g/mol. The molecule has 0 aliphatic carbocycles. The minimum Gasteiger partial charge on any atom is -0.402 e. The van der Waals surface area contributed by atoms with E-state index in [9.17, 15) is 0 Å². The fourth-order valence-electron chi connectivity index (χ4n) is 3.28. The molecule has 0 saturated heterocycles. The lowest BCUT2D eigenvalue weighted by Gasteiger charge is -2.35. The Morgan fingerprint density at radius 3 is 2.88 bits per heavy atom. The first-order valence-electron chi connectivity index (χ1n) is 8.26. The average molecular weight is 404 g/mol. The molecule has 0 bridgehead atoms. The summed E-state index contributed by atoms with van der Waals surface area (Å²) in [4.78, 5) is 8.91. The van der Waals surface area contributed by atoms with Crippen LogP contribution in [-0.2, 0) is 6.54 Å². The summed E-state index contributed by atoms with van der Waals surface area (Å²) in [6.07, 6.45) is 3.65. The van der Waals surface area contributed by atoms with Gasteiger partial charge in [-0.25, -0.2) is 0 Å². The molecule has 2 aromatic heterocycles. The molecule has 0 fully saturated rings. The van der Waals surface area contributed by atoms with Gasteiger partial charge in [-0.15, -0.1) is 22.7 Å². The quantitative estimate of drug-likeness (QED) is 0.529. The summed E-state index contributed by atoms with van der Waals surface area (Å²) in [5.74, 6) is 0.208. The van der Waals surface area contributed by atoms with E-state index < -0.39 is 0 Å². The van der Waals surface area contributed by atoms with Crippen LogP contribution in [0.4, 0.5) is 0 Å². The molecule has 136 valence electrons. The van der Waals surface area contributed by atoms with Gasteiger partial charge in [0.15, 0.2) is 0 Å². The Hall–Kier alpha value is -1.82. The van der Waals surface area contributed by atoms with Crippen molar-refractivity contribution in [2.24, 2.45) is 10.7 Å². The smallest absolute Gasteiger partial charge is 0.0934 e. The second kappa shape index (κ2) is 7.82. The van der Waals surface area contributed by atoms with E-state index in [-0.39, 0.29) is 5.92 Å². The topological polar surface area (TPSA) is 41.6 Å². The standard InChI is InChI=1S/C20H22ClN3S2/c1-5-12(2)24-10-17(15-8-19(21)26-18(15)11-24)14-6-7-25-20(14)16(9-23-4)13(3)22/h5-9,17H,1-2,10-11,22H2,3-4H3/b16-13+,23-9?. The predicted octanol–water partition coefficient (Wildman–Crippen LogP) is 5.50. The summed E-state index contributed by atoms with van der Waals surface area (Å²) < 4.78 is 0.823. The number of halogens is 1. The van der Waals surface area contributed by atoms with Crippen molar-refractivity contribution in [2.45, 2.75) is 19.4 Å². The predicted molar refractivity (Wildman–Crippen MR) is 116 cm³/mol. The van der Waals surface area contributed by atoms with Crippen molar-refractivity contribution in [1.29, 1.82) is 0 Å². The highest BCUT2D eigenvalue weighted by molar-refractivity contribution is 7.16. The van der Waals surface area contributed by atoms with Gasteiger partial charge >= 0.3 is 0 Å². The summed E-state index contributed by atoms with van der Waals surface area (Å²) in [5, 5.41) is 2.12. The molecule has 1 aliphatic heterocycles. The molecule has 3 heterocycles. The van der Waals surface area contributed by atoms with Crippen LogP contribution in [-0.4, -0.2) is 24.7 Å². The second-order valence-electron chi connectivity index (χ2n) is 6.25. The lowest BCUT2D eigenvalue weighted by atomic mass is 9.87. The fourth-order valence-corrected chi connectivity index (χ4v) is 5.67. The molecule has 0 aromatic carbocycles. The maximum atomic E-state index is 6.35. The molecule has 0 amide bonds. The third-order valence-electron chi connectivity index (χ3n) is 4.57. The van der Waals surface area contributed by atoms with E-state index in [0.717, 1.165) is 34.4 Å². The van der Waals surface area contributed by atoms with Crippen LogP contribution in [0.25, 0.3) is 5.57 Å². The van der Waals surface area contributed by atoms with Crippen LogP contribution < -0.4 is 5.73 Å². The van der Waals surface area contributed by atoms with E-state index in [1.165, 1.54) is 20.9 Å². The summed E-state index contributed by atoms with van der Waals surface area (Å²) in [7, 11) is 1.77. The highest BCUT2D eigenvalue weighted by Gasteiger charge is 2.31. The lowest BCUT2D eigenvalue weighted by Crippen LogP contribution is -2.32. The zero-order valence-corrected chi connectivity index (χ0v) is 17.3. The number of hydrogen-bond acceptors (Lipinski definition) is 5. The van der Waals surface area contributed by atoms with Crippen molar-refractivity contribution in [2.75, 3.05) is 13.6 Å². The number of allylic oxidation sites excluding steroid dienone is 3. The third-order valence-corrected chi connectivity index (χ3v) is 6.79. The highest BCUT2D eigenvalue weighted by Crippen LogP contribution is 2.44. The average Bonchev–Trinajstić information content (AvgIpc) is 3.23. The Balaban J connectivity index is 2.12. The van der Waals surface area contributed by atoms with Gasteiger partial charge in [-0.2, -0.15) is 0 Å². The highest BCUT2D eigenvalue weighted by atomic mass is 35.5. The van der Waals surface area contributed by atoms with Gasteiger partial charge in [0.1, 0.15) is 0 Å². The molecule has 1 aliphatic rings. The molecular weight excluding hydrogens is 382 g/mol.